The van der Waals surface area contributed by atoms with Gasteiger partial charge in [0, 0.05) is 12.7 Å². The molecule has 1 rings (SSSR count). The Kier molecular flexibility index (Phi) is 6.39. The number of esters is 1. The number of rotatable bonds is 7. The zero-order valence-corrected chi connectivity index (χ0v) is 12.5. The molecule has 0 saturated heterocycles. The van der Waals surface area contributed by atoms with Crippen molar-refractivity contribution in [3.05, 3.63) is 35.4 Å². The first kappa shape index (κ1) is 16.4. The highest BCUT2D eigenvalue weighted by atomic mass is 16.6. The molecule has 4 nitrogen and oxygen atoms in total. The van der Waals surface area contributed by atoms with E-state index in [2.05, 4.69) is 13.8 Å². The Morgan fingerprint density at radius 2 is 1.65 bits per heavy atom. The SMILES string of the molecule is COCC(CC(C)C)OC(=O)c1ccc(C(C)=O)cc1. The van der Waals surface area contributed by atoms with E-state index in [4.69, 9.17) is 9.47 Å². The molecule has 1 atom stereocenters. The maximum Gasteiger partial charge on any atom is 0.338 e. The molecular formula is C16H22O4. The van der Waals surface area contributed by atoms with Gasteiger partial charge >= 0.3 is 5.97 Å². The number of benzene rings is 1. The topological polar surface area (TPSA) is 52.6 Å². The Bertz CT molecular complexity index is 448. The first-order valence-electron chi connectivity index (χ1n) is 6.75. The van der Waals surface area contributed by atoms with Crippen LogP contribution in [0, 0.1) is 5.92 Å². The van der Waals surface area contributed by atoms with E-state index in [0.717, 1.165) is 6.42 Å². The second-order valence-corrected chi connectivity index (χ2v) is 5.25. The van der Waals surface area contributed by atoms with Crippen molar-refractivity contribution in [1.82, 2.24) is 0 Å². The second-order valence-electron chi connectivity index (χ2n) is 5.25. The number of hydrogen-bond donors (Lipinski definition) is 0. The van der Waals surface area contributed by atoms with Gasteiger partial charge in [0.2, 0.25) is 0 Å². The first-order chi connectivity index (χ1) is 9.43. The van der Waals surface area contributed by atoms with E-state index in [9.17, 15) is 9.59 Å². The van der Waals surface area contributed by atoms with Crippen LogP contribution < -0.4 is 0 Å². The van der Waals surface area contributed by atoms with Gasteiger partial charge < -0.3 is 9.47 Å². The van der Waals surface area contributed by atoms with Crippen LogP contribution in [0.25, 0.3) is 0 Å². The van der Waals surface area contributed by atoms with Crippen molar-refractivity contribution in [1.29, 1.82) is 0 Å². The average Bonchev–Trinajstić information content (AvgIpc) is 2.38. The summed E-state index contributed by atoms with van der Waals surface area (Å²) in [6.45, 7) is 6.01. The summed E-state index contributed by atoms with van der Waals surface area (Å²) in [5.41, 5.74) is 1.03. The van der Waals surface area contributed by atoms with Gasteiger partial charge in [-0.15, -0.1) is 0 Å². The van der Waals surface area contributed by atoms with E-state index < -0.39 is 0 Å². The minimum atomic E-state index is -0.386. The van der Waals surface area contributed by atoms with Crippen molar-refractivity contribution in [2.45, 2.75) is 33.3 Å². The highest BCUT2D eigenvalue weighted by Crippen LogP contribution is 2.13. The summed E-state index contributed by atoms with van der Waals surface area (Å²) < 4.78 is 10.5. The fraction of sp³-hybridized carbons (Fsp3) is 0.500. The van der Waals surface area contributed by atoms with Gasteiger partial charge in [-0.1, -0.05) is 26.0 Å². The molecule has 20 heavy (non-hydrogen) atoms. The van der Waals surface area contributed by atoms with Gasteiger partial charge in [-0.25, -0.2) is 4.79 Å². The van der Waals surface area contributed by atoms with Gasteiger partial charge in [0.05, 0.1) is 12.2 Å². The first-order valence-corrected chi connectivity index (χ1v) is 6.75. The molecule has 0 spiro atoms. The summed E-state index contributed by atoms with van der Waals surface area (Å²) in [6.07, 6.45) is 0.505. The van der Waals surface area contributed by atoms with Crippen LogP contribution >= 0.6 is 0 Å². The predicted molar refractivity (Wildman–Crippen MR) is 77.0 cm³/mol. The number of ketones is 1. The summed E-state index contributed by atoms with van der Waals surface area (Å²) in [6, 6.07) is 6.48. The predicted octanol–water partition coefficient (Wildman–Crippen LogP) is 3.11. The highest BCUT2D eigenvalue weighted by Gasteiger charge is 2.17. The molecule has 0 aliphatic heterocycles. The van der Waals surface area contributed by atoms with E-state index in [0.29, 0.717) is 23.7 Å². The molecule has 0 aliphatic rings. The molecule has 0 aromatic heterocycles. The summed E-state index contributed by atoms with van der Waals surface area (Å²) in [4.78, 5) is 23.2. The maximum absolute atomic E-state index is 12.0. The fourth-order valence-electron chi connectivity index (χ4n) is 1.92. The van der Waals surface area contributed by atoms with Crippen LogP contribution in [0.15, 0.2) is 24.3 Å². The lowest BCUT2D eigenvalue weighted by Gasteiger charge is -2.19. The monoisotopic (exact) mass is 278 g/mol. The van der Waals surface area contributed by atoms with Crippen molar-refractivity contribution in [2.24, 2.45) is 5.92 Å². The molecule has 0 fully saturated rings. The van der Waals surface area contributed by atoms with E-state index in [1.54, 1.807) is 31.4 Å². The smallest absolute Gasteiger partial charge is 0.338 e. The summed E-state index contributed by atoms with van der Waals surface area (Å²) in [5, 5.41) is 0. The number of methoxy groups -OCH3 is 1. The van der Waals surface area contributed by atoms with Crippen molar-refractivity contribution < 1.29 is 19.1 Å². The standard InChI is InChI=1S/C16H22O4/c1-11(2)9-15(10-19-4)20-16(18)14-7-5-13(6-8-14)12(3)17/h5-8,11,15H,9-10H2,1-4H3. The van der Waals surface area contributed by atoms with Crippen molar-refractivity contribution >= 4 is 11.8 Å². The molecular weight excluding hydrogens is 256 g/mol. The van der Waals surface area contributed by atoms with Crippen LogP contribution in [-0.2, 0) is 9.47 Å². The van der Waals surface area contributed by atoms with Crippen molar-refractivity contribution in [3.63, 3.8) is 0 Å². The van der Waals surface area contributed by atoms with Crippen LogP contribution in [0.3, 0.4) is 0 Å². The number of ether oxygens (including phenoxy) is 2. The average molecular weight is 278 g/mol. The van der Waals surface area contributed by atoms with Gasteiger partial charge in [0.25, 0.3) is 0 Å². The minimum Gasteiger partial charge on any atom is -0.456 e. The van der Waals surface area contributed by atoms with Crippen LogP contribution in [-0.4, -0.2) is 31.6 Å². The third-order valence-corrected chi connectivity index (χ3v) is 2.89. The number of hydrogen-bond acceptors (Lipinski definition) is 4. The van der Waals surface area contributed by atoms with Gasteiger partial charge in [-0.2, -0.15) is 0 Å². The molecule has 1 aromatic rings. The summed E-state index contributed by atoms with van der Waals surface area (Å²) in [7, 11) is 1.59. The lowest BCUT2D eigenvalue weighted by molar-refractivity contribution is -0.000689. The Balaban J connectivity index is 2.70. The lowest BCUT2D eigenvalue weighted by Crippen LogP contribution is -2.24. The Hall–Kier alpha value is -1.68. The molecule has 110 valence electrons. The normalized spacial score (nSPS) is 12.2. The number of carbonyl (C=O) groups is 2. The molecule has 0 radical (unpaired) electrons. The molecule has 1 unspecified atom stereocenters. The van der Waals surface area contributed by atoms with Crippen LogP contribution in [0.4, 0.5) is 0 Å². The van der Waals surface area contributed by atoms with Gasteiger partial charge in [0.15, 0.2) is 5.78 Å². The zero-order valence-electron chi connectivity index (χ0n) is 12.5. The maximum atomic E-state index is 12.0. The van der Waals surface area contributed by atoms with Gasteiger partial charge in [-0.05, 0) is 31.4 Å². The zero-order chi connectivity index (χ0) is 15.1. The summed E-state index contributed by atoms with van der Waals surface area (Å²) in [5.74, 6) is 0.00725. The minimum absolute atomic E-state index is 0.0259. The molecule has 0 heterocycles. The molecule has 0 aliphatic carbocycles. The van der Waals surface area contributed by atoms with Crippen LogP contribution in [0.1, 0.15) is 47.9 Å². The van der Waals surface area contributed by atoms with Gasteiger partial charge in [0.1, 0.15) is 6.10 Å². The number of carbonyl (C=O) groups excluding carboxylic acids is 2. The third kappa shape index (κ3) is 5.13. The quantitative estimate of drug-likeness (QED) is 0.568. The van der Waals surface area contributed by atoms with E-state index in [1.807, 2.05) is 0 Å². The molecule has 0 amide bonds. The number of Topliss-reactive ketones (excluding diaryl/α,β-unsaturated/α-hetero) is 1. The Morgan fingerprint density at radius 1 is 1.10 bits per heavy atom. The van der Waals surface area contributed by atoms with Crippen molar-refractivity contribution in [2.75, 3.05) is 13.7 Å². The van der Waals surface area contributed by atoms with Crippen LogP contribution in [0.5, 0.6) is 0 Å². The molecule has 0 N–H and O–H groups in total. The largest absolute Gasteiger partial charge is 0.456 e. The van der Waals surface area contributed by atoms with E-state index in [1.165, 1.54) is 6.92 Å². The van der Waals surface area contributed by atoms with Crippen molar-refractivity contribution in [3.8, 4) is 0 Å². The molecule has 0 saturated carbocycles. The molecule has 4 heteroatoms. The third-order valence-electron chi connectivity index (χ3n) is 2.89. The van der Waals surface area contributed by atoms with E-state index in [-0.39, 0.29) is 17.9 Å². The van der Waals surface area contributed by atoms with E-state index >= 15 is 0 Å². The lowest BCUT2D eigenvalue weighted by atomic mass is 10.1. The van der Waals surface area contributed by atoms with Gasteiger partial charge in [-0.3, -0.25) is 4.79 Å². The fourth-order valence-corrected chi connectivity index (χ4v) is 1.92. The second kappa shape index (κ2) is 7.80. The Morgan fingerprint density at radius 3 is 2.10 bits per heavy atom. The highest BCUT2D eigenvalue weighted by molar-refractivity contribution is 5.96. The van der Waals surface area contributed by atoms with Crippen LogP contribution in [0.2, 0.25) is 0 Å². The summed E-state index contributed by atoms with van der Waals surface area (Å²) >= 11 is 0. The molecule has 1 aromatic carbocycles. The Labute approximate surface area is 120 Å². The molecule has 0 bridgehead atoms.